The van der Waals surface area contributed by atoms with Gasteiger partial charge in [0.1, 0.15) is 43.0 Å². The number of anilines is 1. The number of primary amides is 1. The predicted molar refractivity (Wildman–Crippen MR) is 406 cm³/mol. The van der Waals surface area contributed by atoms with Crippen molar-refractivity contribution in [2.24, 2.45) is 58.0 Å². The largest absolute Gasteiger partial charge is 0.481 e. The van der Waals surface area contributed by atoms with Gasteiger partial charge in [-0.2, -0.15) is 0 Å². The van der Waals surface area contributed by atoms with Gasteiger partial charge in [-0.15, -0.1) is 11.8 Å². The molecule has 6 aliphatic carbocycles. The van der Waals surface area contributed by atoms with Gasteiger partial charge in [0.2, 0.25) is 35.3 Å². The second kappa shape index (κ2) is 42.9. The summed E-state index contributed by atoms with van der Waals surface area (Å²) in [5.41, 5.74) is -1.70. The van der Waals surface area contributed by atoms with E-state index in [9.17, 15) is 72.9 Å². The van der Waals surface area contributed by atoms with Crippen LogP contribution in [0.15, 0.2) is 48.1 Å². The molecule has 1 heterocycles. The van der Waals surface area contributed by atoms with Gasteiger partial charge in [0, 0.05) is 61.2 Å². The van der Waals surface area contributed by atoms with Crippen molar-refractivity contribution >= 4 is 76.9 Å². The molecule has 9 amide bonds. The highest BCUT2D eigenvalue weighted by Gasteiger charge is 2.80. The maximum absolute atomic E-state index is 18.1. The van der Waals surface area contributed by atoms with E-state index in [2.05, 4.69) is 54.4 Å². The molecule has 17 atom stereocenters. The molecule has 4 saturated carbocycles. The average Bonchev–Trinajstić information content (AvgIpc) is 1.57. The number of aliphatic hydroxyl groups excluding tert-OH is 2. The van der Waals surface area contributed by atoms with Crippen molar-refractivity contribution in [3.8, 4) is 11.8 Å². The molecule has 115 heavy (non-hydrogen) atoms. The molecule has 35 heteroatoms. The molecule has 638 valence electrons. The van der Waals surface area contributed by atoms with Crippen LogP contribution in [0.3, 0.4) is 0 Å². The summed E-state index contributed by atoms with van der Waals surface area (Å²) in [4.78, 5) is 159. The number of nitrogens with one attached hydrogen (secondary N) is 8. The van der Waals surface area contributed by atoms with Crippen LogP contribution in [0.1, 0.15) is 150 Å². The first-order valence-electron chi connectivity index (χ1n) is 39.9. The second-order valence-electron chi connectivity index (χ2n) is 31.6. The van der Waals surface area contributed by atoms with Gasteiger partial charge >= 0.3 is 30.2 Å². The topological polar surface area (TPSA) is 471 Å². The molecule has 33 nitrogen and oxygen atoms in total. The molecule has 13 N–H and O–H groups in total. The van der Waals surface area contributed by atoms with Crippen LogP contribution < -0.4 is 48.3 Å². The minimum atomic E-state index is -2.46. The molecule has 7 aliphatic rings. The Bertz CT molecular complexity index is 3690. The molecular weight excluding hydrogens is 1510 g/mol. The van der Waals surface area contributed by atoms with Gasteiger partial charge in [-0.25, -0.2) is 28.0 Å². The quantitative estimate of drug-likeness (QED) is 0.0189. The zero-order valence-corrected chi connectivity index (χ0v) is 66.5. The zero-order chi connectivity index (χ0) is 83.8. The lowest BCUT2D eigenvalue weighted by atomic mass is 9.44. The first-order valence-corrected chi connectivity index (χ1v) is 39.9. The number of aliphatic hydroxyl groups is 2. The lowest BCUT2D eigenvalue weighted by Crippen LogP contribution is -2.71. The maximum atomic E-state index is 18.1. The number of aliphatic carboxylic acids is 1. The van der Waals surface area contributed by atoms with Crippen LogP contribution >= 0.6 is 0 Å². The van der Waals surface area contributed by atoms with Crippen molar-refractivity contribution in [2.75, 3.05) is 91.1 Å². The number of alkyl halides is 2. The van der Waals surface area contributed by atoms with Crippen molar-refractivity contribution in [3.63, 3.8) is 0 Å². The number of fused-ring (bicyclic) bond motifs is 8. The third-order valence-corrected chi connectivity index (χ3v) is 22.9. The van der Waals surface area contributed by atoms with E-state index >= 15 is 8.78 Å². The second-order valence-corrected chi connectivity index (χ2v) is 31.6. The van der Waals surface area contributed by atoms with E-state index in [1.54, 1.807) is 34.6 Å². The predicted octanol–water partition coefficient (Wildman–Crippen LogP) is 4.11. The van der Waals surface area contributed by atoms with Gasteiger partial charge in [0.05, 0.1) is 78.3 Å². The number of Topliss-reactive ketones (excluding diaryl/α,β-unsaturated/α-hetero) is 1. The first kappa shape index (κ1) is 91.8. The monoisotopic (exact) mass is 1620 g/mol. The van der Waals surface area contributed by atoms with Crippen LogP contribution in [0, 0.1) is 64.1 Å². The van der Waals surface area contributed by atoms with Gasteiger partial charge in [0.25, 0.3) is 0 Å². The number of alkyl carbamates (subject to hydrolysis) is 2. The summed E-state index contributed by atoms with van der Waals surface area (Å²) < 4.78 is 85.8. The first-order chi connectivity index (χ1) is 54.8. The Morgan fingerprint density at radius 3 is 1.97 bits per heavy atom. The third kappa shape index (κ3) is 24.0. The van der Waals surface area contributed by atoms with Crippen molar-refractivity contribution in [2.45, 2.75) is 218 Å². The van der Waals surface area contributed by atoms with E-state index in [4.69, 9.17) is 48.4 Å². The average molecular weight is 1620 g/mol. The highest BCUT2D eigenvalue weighted by Crippen LogP contribution is 2.72. The summed E-state index contributed by atoms with van der Waals surface area (Å²) in [5.74, 6) is -2.63. The van der Waals surface area contributed by atoms with E-state index in [-0.39, 0.29) is 108 Å². The number of carboxylic acids is 1. The summed E-state index contributed by atoms with van der Waals surface area (Å²) in [6.07, 6.45) is -0.441. The van der Waals surface area contributed by atoms with Crippen molar-refractivity contribution in [3.05, 3.63) is 53.6 Å². The number of allylic oxidation sites excluding steroid dienone is 4. The number of hydrogen-bond donors (Lipinski definition) is 12. The molecule has 3 unspecified atom stereocenters. The summed E-state index contributed by atoms with van der Waals surface area (Å²) in [6.45, 7) is 11.7. The summed E-state index contributed by atoms with van der Waals surface area (Å²) >= 11 is 0. The number of rotatable bonds is 46. The summed E-state index contributed by atoms with van der Waals surface area (Å²) in [6, 6.07) is -2.16. The number of carboxylic acid groups (broad SMARTS) is 1. The van der Waals surface area contributed by atoms with E-state index in [1.165, 1.54) is 43.3 Å². The Morgan fingerprint density at radius 1 is 0.713 bits per heavy atom. The minimum Gasteiger partial charge on any atom is -0.481 e. The minimum absolute atomic E-state index is 0.00618. The van der Waals surface area contributed by atoms with Gasteiger partial charge in [-0.3, -0.25) is 38.4 Å². The molecule has 1 aromatic rings. The molecule has 1 aliphatic heterocycles. The van der Waals surface area contributed by atoms with E-state index in [1.807, 2.05) is 6.92 Å². The van der Waals surface area contributed by atoms with Gasteiger partial charge in [0.15, 0.2) is 29.9 Å². The number of esters is 1. The molecule has 0 spiro atoms. The number of nitrogens with two attached hydrogens (primary N) is 1. The Morgan fingerprint density at radius 2 is 1.35 bits per heavy atom. The van der Waals surface area contributed by atoms with Crippen LogP contribution in [0.4, 0.5) is 28.9 Å². The maximum Gasteiger partial charge on any atom is 0.408 e. The fourth-order valence-electron chi connectivity index (χ4n) is 16.9. The van der Waals surface area contributed by atoms with Crippen LogP contribution in [-0.4, -0.2) is 238 Å². The number of halogens is 2. The Kier molecular flexibility index (Phi) is 34.2. The fourth-order valence-corrected chi connectivity index (χ4v) is 16.9. The highest BCUT2D eigenvalue weighted by atomic mass is 19.1. The van der Waals surface area contributed by atoms with E-state index in [0.29, 0.717) is 62.5 Å². The molecule has 0 bridgehead atoms. The normalized spacial score (nSPS) is 27.3. The van der Waals surface area contributed by atoms with Crippen molar-refractivity contribution in [1.29, 1.82) is 0 Å². The number of carbonyl (C=O) groups is 12. The fraction of sp³-hybridized carbons (Fsp3) is 0.700. The van der Waals surface area contributed by atoms with Crippen molar-refractivity contribution < 1.29 is 124 Å². The Labute approximate surface area is 667 Å². The molecule has 5 fully saturated rings. The number of hydrogen-bond acceptors (Lipinski definition) is 23. The van der Waals surface area contributed by atoms with E-state index in [0.717, 1.165) is 31.8 Å². The third-order valence-electron chi connectivity index (χ3n) is 22.9. The number of amides is 9. The lowest BCUT2D eigenvalue weighted by Gasteiger charge is -2.63. The van der Waals surface area contributed by atoms with Gasteiger partial charge in [-0.1, -0.05) is 66.2 Å². The number of ketones is 2. The number of ether oxygens (including phenoxy) is 9. The molecule has 1 aromatic carbocycles. The number of carbonyl (C=O) groups excluding carboxylic acids is 11. The number of urea groups is 1. The molecule has 0 radical (unpaired) electrons. The van der Waals surface area contributed by atoms with Gasteiger partial charge < -0.3 is 106 Å². The smallest absolute Gasteiger partial charge is 0.408 e. The zero-order valence-electron chi connectivity index (χ0n) is 66.5. The Balaban J connectivity index is 0.755. The van der Waals surface area contributed by atoms with Crippen molar-refractivity contribution in [1.82, 2.24) is 37.2 Å². The molecule has 8 rings (SSSR count). The summed E-state index contributed by atoms with van der Waals surface area (Å²) in [7, 11) is 0. The lowest BCUT2D eigenvalue weighted by molar-refractivity contribution is -0.235. The molecule has 0 aromatic heterocycles. The standard InChI is InChI=1S/C80H115F2N9O24/c1-8-14-67-114-64-40-54-55-39-57(81)56-38-50(93)24-26-77(56,6)79(55,82)62(94)41-78(54,7)80(64,115-67)63(95)45-111-73(103)60(37-46(2)3)89-71(101)61(42-92)90-76(106)112-43-48-18-20-49(21-19-48)86-69(99)58(17-13-27-84-74(83)104)88-72(102)68(47(4)5)91-70(100)59(22-23-66(97)98)87-65(96)25-29-107-31-33-109-35-36-110-34-32-108-30-28-85-75(105)113-44-53-51-15-11-9-10-12-16-52(51)53/h18-21,24,26,38,46-47,51-55,57-62,64,67-68,92,94H,8,11-17,22-23,25,27-37,39-45H2,1-7H3,(H,85,105)(H,86,99)(H,87,96)(H,88,102)(H,89,101)(H,90,106)(H,91,100)(H,97,98)(H3,83,84,104)/t51?,52?,53?,54-,55-,57-,58-,59-,60-,61-,62-,64+,67?,68-,77-,78-,79-,80+/m0/s1. The van der Waals surface area contributed by atoms with Crippen LogP contribution in [-0.2, 0) is 92.4 Å². The Hall–Kier alpha value is -8.76. The van der Waals surface area contributed by atoms with Crippen LogP contribution in [0.2, 0.25) is 0 Å². The van der Waals surface area contributed by atoms with Gasteiger partial charge in [-0.05, 0) is 142 Å². The van der Waals surface area contributed by atoms with Crippen LogP contribution in [0.5, 0.6) is 0 Å². The molecule has 1 saturated heterocycles. The van der Waals surface area contributed by atoms with Crippen LogP contribution in [0.25, 0.3) is 0 Å². The highest BCUT2D eigenvalue weighted by molar-refractivity contribution is 6.02. The van der Waals surface area contributed by atoms with E-state index < -0.39 is 199 Å². The SMILES string of the molecule is CCCC1O[C@@H]2C[C@H]3[C@@H]4C[C@H](F)C5=CC(=O)C=C[C@]5(C)[C@@]4(F)[C@@H](O)C[C@]3(C)[C@]2(C(=O)COC(=O)[C@H](CC(C)C)NC(=O)[C@H](CO)NC(=O)OCc2ccc(NC(=O)[C@H](CCCNC(N)=O)NC(=O)[C@@H](NC(=O)[C@H](CCC(=O)O)NC(=O)CCOCCOCCOCCOCCNC(=O)OCC3C4CCC#CCCC43)C(C)C)cc2)O1. The molecular formula is C80H115F2N9O24. The summed E-state index contributed by atoms with van der Waals surface area (Å²) in [5, 5.41) is 52.2. The number of benzene rings is 1.